The maximum atomic E-state index is 12.1. The van der Waals surface area contributed by atoms with E-state index in [1.807, 2.05) is 0 Å². The van der Waals surface area contributed by atoms with Gasteiger partial charge in [-0.25, -0.2) is 4.79 Å². The third-order valence-corrected chi connectivity index (χ3v) is 3.43. The fourth-order valence-electron chi connectivity index (χ4n) is 1.98. The molecule has 0 aromatic carbocycles. The third kappa shape index (κ3) is 11.8. The predicted molar refractivity (Wildman–Crippen MR) is 100 cm³/mol. The Bertz CT molecular complexity index is 647. The zero-order valence-electron chi connectivity index (χ0n) is 15.9. The maximum absolute atomic E-state index is 12.1. The van der Waals surface area contributed by atoms with Gasteiger partial charge in [0, 0.05) is 6.54 Å². The number of carbonyl (C=O) groups is 5. The minimum absolute atomic E-state index is 0.0396. The summed E-state index contributed by atoms with van der Waals surface area (Å²) >= 11 is 0. The van der Waals surface area contributed by atoms with Gasteiger partial charge in [-0.2, -0.15) is 0 Å². The lowest BCUT2D eigenvalue weighted by Crippen LogP contribution is -2.53. The number of nitrogens with two attached hydrogens (primary N) is 3. The molecule has 3 unspecified atom stereocenters. The second-order valence-corrected chi connectivity index (χ2v) is 6.07. The number of amides is 3. The largest absolute Gasteiger partial charge is 0.481 e. The molecule has 0 fully saturated rings. The first-order valence-corrected chi connectivity index (χ1v) is 8.57. The summed E-state index contributed by atoms with van der Waals surface area (Å²) in [5.74, 6) is -5.29. The number of carbonyl (C=O) groups excluding carboxylic acids is 3. The molecule has 0 aliphatic carbocycles. The zero-order valence-corrected chi connectivity index (χ0v) is 15.9. The van der Waals surface area contributed by atoms with Crippen LogP contribution < -0.4 is 33.2 Å². The smallest absolute Gasteiger partial charge is 0.326 e. The Morgan fingerprint density at radius 3 is 2.10 bits per heavy atom. The quantitative estimate of drug-likeness (QED) is 0.0819. The van der Waals surface area contributed by atoms with Crippen molar-refractivity contribution in [3.05, 3.63) is 0 Å². The first-order valence-electron chi connectivity index (χ1n) is 8.57. The average Bonchev–Trinajstić information content (AvgIpc) is 2.60. The van der Waals surface area contributed by atoms with Gasteiger partial charge in [-0.05, 0) is 19.8 Å². The molecule has 0 spiro atoms. The van der Waals surface area contributed by atoms with Crippen LogP contribution in [0.1, 0.15) is 26.2 Å². The number of aliphatic carboxylic acids is 2. The van der Waals surface area contributed by atoms with Crippen molar-refractivity contribution in [1.29, 1.82) is 0 Å². The lowest BCUT2D eigenvalue weighted by atomic mass is 10.1. The van der Waals surface area contributed by atoms with E-state index in [1.54, 1.807) is 0 Å². The number of nitrogens with zero attached hydrogens (tertiary/aromatic N) is 1. The van der Waals surface area contributed by atoms with Crippen molar-refractivity contribution in [2.75, 3.05) is 13.1 Å². The third-order valence-electron chi connectivity index (χ3n) is 3.43. The van der Waals surface area contributed by atoms with Crippen LogP contribution >= 0.6 is 0 Å². The van der Waals surface area contributed by atoms with Gasteiger partial charge in [0.05, 0.1) is 19.0 Å². The predicted octanol–water partition coefficient (Wildman–Crippen LogP) is -3.97. The van der Waals surface area contributed by atoms with E-state index >= 15 is 0 Å². The molecular weight excluding hydrogens is 390 g/mol. The second kappa shape index (κ2) is 12.9. The van der Waals surface area contributed by atoms with Crippen LogP contribution in [0.3, 0.4) is 0 Å². The molecule has 3 amide bonds. The highest BCUT2D eigenvalue weighted by atomic mass is 16.4. The maximum Gasteiger partial charge on any atom is 0.326 e. The molecule has 29 heavy (non-hydrogen) atoms. The fraction of sp³-hybridized carbons (Fsp3) is 0.600. The number of nitrogens with one attached hydrogen (secondary N) is 3. The van der Waals surface area contributed by atoms with Crippen molar-refractivity contribution in [3.63, 3.8) is 0 Å². The number of hydrogen-bond donors (Lipinski definition) is 8. The van der Waals surface area contributed by atoms with Crippen LogP contribution in [-0.2, 0) is 24.0 Å². The topological polar surface area (TPSA) is 252 Å². The van der Waals surface area contributed by atoms with Crippen molar-refractivity contribution in [2.24, 2.45) is 22.2 Å². The highest BCUT2D eigenvalue weighted by Gasteiger charge is 2.26. The molecule has 0 aliphatic heterocycles. The first-order chi connectivity index (χ1) is 13.4. The first kappa shape index (κ1) is 25.6. The Morgan fingerprint density at radius 1 is 1.00 bits per heavy atom. The van der Waals surface area contributed by atoms with E-state index in [0.717, 1.165) is 0 Å². The number of carboxylic acids is 2. The van der Waals surface area contributed by atoms with Gasteiger partial charge in [0.2, 0.25) is 17.7 Å². The minimum atomic E-state index is -1.45. The number of aliphatic imine (C=N–C) groups is 1. The highest BCUT2D eigenvalue weighted by molar-refractivity contribution is 5.94. The molecule has 0 heterocycles. The number of guanidine groups is 1. The minimum Gasteiger partial charge on any atom is -0.481 e. The van der Waals surface area contributed by atoms with Gasteiger partial charge in [-0.1, -0.05) is 0 Å². The summed E-state index contributed by atoms with van der Waals surface area (Å²) in [7, 11) is 0. The summed E-state index contributed by atoms with van der Waals surface area (Å²) in [4.78, 5) is 61.3. The van der Waals surface area contributed by atoms with Crippen LogP contribution in [0.15, 0.2) is 4.99 Å². The van der Waals surface area contributed by atoms with Crippen LogP contribution in [0, 0.1) is 0 Å². The van der Waals surface area contributed by atoms with E-state index in [0.29, 0.717) is 0 Å². The van der Waals surface area contributed by atoms with Gasteiger partial charge >= 0.3 is 11.9 Å². The van der Waals surface area contributed by atoms with Crippen molar-refractivity contribution in [3.8, 4) is 0 Å². The van der Waals surface area contributed by atoms with Crippen molar-refractivity contribution < 1.29 is 34.2 Å². The van der Waals surface area contributed by atoms with E-state index in [2.05, 4.69) is 20.9 Å². The standard InChI is InChI=1S/C15H27N7O7/c1-7(16)12(26)22-9(5-11(24)25)13(27)20-6-10(23)21-8(14(28)29)3-2-4-19-15(17)18/h7-9H,2-6,16H2,1H3,(H,20,27)(H,21,23)(H,22,26)(H,24,25)(H,28,29)(H4,17,18,19). The average molecular weight is 417 g/mol. The van der Waals surface area contributed by atoms with E-state index in [9.17, 15) is 24.0 Å². The normalized spacial score (nSPS) is 13.3. The van der Waals surface area contributed by atoms with Crippen LogP contribution in [0.4, 0.5) is 0 Å². The van der Waals surface area contributed by atoms with Gasteiger partial charge in [-0.3, -0.25) is 24.2 Å². The molecule has 3 atom stereocenters. The molecule has 0 rings (SSSR count). The molecule has 11 N–H and O–H groups in total. The van der Waals surface area contributed by atoms with Gasteiger partial charge < -0.3 is 43.4 Å². The molecule has 0 aliphatic rings. The Labute approximate surface area is 166 Å². The lowest BCUT2D eigenvalue weighted by Gasteiger charge is -2.18. The summed E-state index contributed by atoms with van der Waals surface area (Å²) in [6.45, 7) is 0.896. The Balaban J connectivity index is 4.69. The number of rotatable bonds is 13. The molecule has 0 saturated carbocycles. The number of carboxylic acid groups (broad SMARTS) is 2. The van der Waals surface area contributed by atoms with Crippen LogP contribution in [0.2, 0.25) is 0 Å². The van der Waals surface area contributed by atoms with Crippen LogP contribution in [-0.4, -0.2) is 77.0 Å². The fourth-order valence-corrected chi connectivity index (χ4v) is 1.98. The molecular formula is C15H27N7O7. The van der Waals surface area contributed by atoms with Crippen molar-refractivity contribution in [1.82, 2.24) is 16.0 Å². The Hall–Kier alpha value is -3.42. The summed E-state index contributed by atoms with van der Waals surface area (Å²) in [5, 5.41) is 24.5. The Kier molecular flexibility index (Phi) is 11.4. The van der Waals surface area contributed by atoms with Gasteiger partial charge in [0.1, 0.15) is 12.1 Å². The van der Waals surface area contributed by atoms with Crippen molar-refractivity contribution in [2.45, 2.75) is 44.3 Å². The molecule has 164 valence electrons. The SMILES string of the molecule is CC(N)C(=O)NC(CC(=O)O)C(=O)NCC(=O)NC(CCCN=C(N)N)C(=O)O. The Morgan fingerprint density at radius 2 is 1.62 bits per heavy atom. The van der Waals surface area contributed by atoms with Crippen LogP contribution in [0.5, 0.6) is 0 Å². The molecule has 0 aromatic rings. The van der Waals surface area contributed by atoms with Gasteiger partial charge in [0.25, 0.3) is 0 Å². The van der Waals surface area contributed by atoms with E-state index in [-0.39, 0.29) is 25.3 Å². The van der Waals surface area contributed by atoms with Gasteiger partial charge in [0.15, 0.2) is 5.96 Å². The zero-order chi connectivity index (χ0) is 22.6. The van der Waals surface area contributed by atoms with E-state index in [4.69, 9.17) is 27.4 Å². The number of hydrogen-bond acceptors (Lipinski definition) is 7. The monoisotopic (exact) mass is 417 g/mol. The summed E-state index contributed by atoms with van der Waals surface area (Å²) in [5.41, 5.74) is 15.7. The lowest BCUT2D eigenvalue weighted by molar-refractivity contribution is -0.142. The second-order valence-electron chi connectivity index (χ2n) is 6.07. The van der Waals surface area contributed by atoms with Gasteiger partial charge in [-0.15, -0.1) is 0 Å². The summed E-state index contributed by atoms with van der Waals surface area (Å²) in [6, 6.07) is -3.66. The highest BCUT2D eigenvalue weighted by Crippen LogP contribution is 1.99. The molecule has 0 bridgehead atoms. The molecule has 14 heteroatoms. The van der Waals surface area contributed by atoms with E-state index < -0.39 is 60.8 Å². The molecule has 0 saturated heterocycles. The molecule has 14 nitrogen and oxygen atoms in total. The van der Waals surface area contributed by atoms with E-state index in [1.165, 1.54) is 6.92 Å². The van der Waals surface area contributed by atoms with Crippen molar-refractivity contribution >= 4 is 35.6 Å². The summed E-state index contributed by atoms with van der Waals surface area (Å²) < 4.78 is 0. The molecule has 0 radical (unpaired) electrons. The summed E-state index contributed by atoms with van der Waals surface area (Å²) in [6.07, 6.45) is -0.405. The molecule has 0 aromatic heterocycles. The van der Waals surface area contributed by atoms with Crippen LogP contribution in [0.25, 0.3) is 0 Å².